The van der Waals surface area contributed by atoms with Gasteiger partial charge in [0.05, 0.1) is 17.0 Å². The standard InChI is InChI=1S/C25H29ClN2O4S/c26-22-3-1-2-4-23(22)33(30,31)27-14-11-25(12-15-27)13-16-28(24(25)29)21-9-7-20(8-10-21)18-32-17-19-5-6-19/h1-4,7-10,19H,5-6,11-18H2. The van der Waals surface area contributed by atoms with Gasteiger partial charge in [-0.3, -0.25) is 4.79 Å². The van der Waals surface area contributed by atoms with E-state index in [1.807, 2.05) is 29.2 Å². The molecule has 2 aliphatic heterocycles. The van der Waals surface area contributed by atoms with E-state index >= 15 is 0 Å². The summed E-state index contributed by atoms with van der Waals surface area (Å²) in [7, 11) is -3.67. The Bertz CT molecular complexity index is 1120. The number of carbonyl (C=O) groups is 1. The van der Waals surface area contributed by atoms with Crippen molar-refractivity contribution in [2.75, 3.05) is 31.1 Å². The van der Waals surface area contributed by atoms with Crippen LogP contribution >= 0.6 is 11.6 Å². The molecule has 33 heavy (non-hydrogen) atoms. The molecule has 0 atom stereocenters. The molecule has 176 valence electrons. The molecule has 2 aromatic carbocycles. The van der Waals surface area contributed by atoms with Crippen LogP contribution in [0.4, 0.5) is 5.69 Å². The summed E-state index contributed by atoms with van der Waals surface area (Å²) in [6.45, 7) is 2.74. The highest BCUT2D eigenvalue weighted by Gasteiger charge is 2.50. The van der Waals surface area contributed by atoms with Gasteiger partial charge in [-0.1, -0.05) is 35.9 Å². The Labute approximate surface area is 200 Å². The molecule has 2 saturated heterocycles. The van der Waals surface area contributed by atoms with E-state index in [9.17, 15) is 13.2 Å². The number of hydrogen-bond donors (Lipinski definition) is 0. The van der Waals surface area contributed by atoms with Crippen LogP contribution in [0.5, 0.6) is 0 Å². The van der Waals surface area contributed by atoms with Crippen LogP contribution in [-0.4, -0.2) is 44.9 Å². The van der Waals surface area contributed by atoms with Crippen LogP contribution < -0.4 is 4.90 Å². The van der Waals surface area contributed by atoms with Crippen LogP contribution in [0.1, 0.15) is 37.7 Å². The molecular formula is C25H29ClN2O4S. The Morgan fingerprint density at radius 2 is 1.64 bits per heavy atom. The molecular weight excluding hydrogens is 460 g/mol. The molecule has 6 nitrogen and oxygen atoms in total. The molecule has 0 unspecified atom stereocenters. The number of ether oxygens (including phenoxy) is 1. The number of sulfonamides is 1. The molecule has 8 heteroatoms. The fraction of sp³-hybridized carbons (Fsp3) is 0.480. The molecule has 2 aromatic rings. The van der Waals surface area contributed by atoms with Gasteiger partial charge >= 0.3 is 0 Å². The van der Waals surface area contributed by atoms with Crippen molar-refractivity contribution >= 4 is 33.2 Å². The maximum Gasteiger partial charge on any atom is 0.244 e. The van der Waals surface area contributed by atoms with Gasteiger partial charge in [-0.25, -0.2) is 8.42 Å². The number of benzene rings is 2. The molecule has 0 radical (unpaired) electrons. The Kier molecular flexibility index (Phi) is 6.25. The zero-order chi connectivity index (χ0) is 23.1. The highest BCUT2D eigenvalue weighted by atomic mass is 35.5. The molecule has 3 fully saturated rings. The third-order valence-electron chi connectivity index (χ3n) is 7.21. The smallest absolute Gasteiger partial charge is 0.244 e. The molecule has 1 amide bonds. The van der Waals surface area contributed by atoms with Gasteiger partial charge in [-0.05, 0) is 67.9 Å². The van der Waals surface area contributed by atoms with E-state index in [0.717, 1.165) is 30.2 Å². The predicted octanol–water partition coefficient (Wildman–Crippen LogP) is 4.47. The normalized spacial score (nSPS) is 21.1. The number of halogens is 1. The van der Waals surface area contributed by atoms with Crippen molar-refractivity contribution in [1.29, 1.82) is 0 Å². The first-order valence-corrected chi connectivity index (χ1v) is 13.4. The van der Waals surface area contributed by atoms with Crippen molar-refractivity contribution in [3.05, 3.63) is 59.1 Å². The summed E-state index contributed by atoms with van der Waals surface area (Å²) >= 11 is 6.14. The lowest BCUT2D eigenvalue weighted by Crippen LogP contribution is -2.46. The third-order valence-corrected chi connectivity index (χ3v) is 9.61. The first-order valence-electron chi connectivity index (χ1n) is 11.6. The topological polar surface area (TPSA) is 66.9 Å². The lowest BCUT2D eigenvalue weighted by molar-refractivity contribution is -0.127. The highest BCUT2D eigenvalue weighted by molar-refractivity contribution is 7.89. The molecule has 1 saturated carbocycles. The predicted molar refractivity (Wildman–Crippen MR) is 128 cm³/mol. The average molecular weight is 489 g/mol. The lowest BCUT2D eigenvalue weighted by Gasteiger charge is -2.37. The molecule has 5 rings (SSSR count). The summed E-state index contributed by atoms with van der Waals surface area (Å²) in [4.78, 5) is 15.4. The molecule has 2 heterocycles. The minimum atomic E-state index is -3.67. The molecule has 3 aliphatic rings. The Morgan fingerprint density at radius 3 is 2.30 bits per heavy atom. The van der Waals surface area contributed by atoms with E-state index in [1.54, 1.807) is 18.2 Å². The van der Waals surface area contributed by atoms with E-state index in [4.69, 9.17) is 16.3 Å². The van der Waals surface area contributed by atoms with Gasteiger partial charge in [0.2, 0.25) is 15.9 Å². The van der Waals surface area contributed by atoms with E-state index in [2.05, 4.69) is 0 Å². The molecule has 1 spiro atoms. The van der Waals surface area contributed by atoms with E-state index in [-0.39, 0.29) is 15.8 Å². The SMILES string of the molecule is O=C1N(c2ccc(COCC3CC3)cc2)CCC12CCN(S(=O)(=O)c1ccccc1Cl)CC2. The van der Waals surface area contributed by atoms with Crippen molar-refractivity contribution in [3.63, 3.8) is 0 Å². The van der Waals surface area contributed by atoms with Crippen molar-refractivity contribution in [2.24, 2.45) is 11.3 Å². The first kappa shape index (κ1) is 22.8. The van der Waals surface area contributed by atoms with Crippen LogP contribution in [-0.2, 0) is 26.2 Å². The van der Waals surface area contributed by atoms with Gasteiger partial charge in [0.1, 0.15) is 4.90 Å². The van der Waals surface area contributed by atoms with Crippen LogP contribution in [0.15, 0.2) is 53.4 Å². The minimum Gasteiger partial charge on any atom is -0.376 e. The molecule has 1 aliphatic carbocycles. The van der Waals surface area contributed by atoms with E-state index < -0.39 is 15.4 Å². The Morgan fingerprint density at radius 1 is 0.970 bits per heavy atom. The maximum atomic E-state index is 13.4. The largest absolute Gasteiger partial charge is 0.376 e. The molecule has 0 bridgehead atoms. The van der Waals surface area contributed by atoms with Gasteiger partial charge in [0.25, 0.3) is 0 Å². The quantitative estimate of drug-likeness (QED) is 0.576. The van der Waals surface area contributed by atoms with Crippen molar-refractivity contribution in [1.82, 2.24) is 4.31 Å². The van der Waals surface area contributed by atoms with Gasteiger partial charge in [0, 0.05) is 31.9 Å². The minimum absolute atomic E-state index is 0.107. The van der Waals surface area contributed by atoms with Crippen LogP contribution in [0.2, 0.25) is 5.02 Å². The van der Waals surface area contributed by atoms with Crippen LogP contribution in [0.25, 0.3) is 0 Å². The monoisotopic (exact) mass is 488 g/mol. The lowest BCUT2D eigenvalue weighted by atomic mass is 9.77. The second-order valence-electron chi connectivity index (χ2n) is 9.45. The Balaban J connectivity index is 1.22. The van der Waals surface area contributed by atoms with E-state index in [0.29, 0.717) is 39.1 Å². The molecule has 0 aromatic heterocycles. The summed E-state index contributed by atoms with van der Waals surface area (Å²) in [5.41, 5.74) is 1.52. The second kappa shape index (κ2) is 9.02. The number of amides is 1. The number of piperidine rings is 1. The summed E-state index contributed by atoms with van der Waals surface area (Å²) in [5, 5.41) is 0.224. The summed E-state index contributed by atoms with van der Waals surface area (Å²) in [6, 6.07) is 14.5. The van der Waals surface area contributed by atoms with Crippen LogP contribution in [0.3, 0.4) is 0 Å². The maximum absolute atomic E-state index is 13.4. The first-order chi connectivity index (χ1) is 15.9. The zero-order valence-electron chi connectivity index (χ0n) is 18.6. The van der Waals surface area contributed by atoms with Crippen molar-refractivity contribution in [2.45, 2.75) is 43.6 Å². The average Bonchev–Trinajstić information content (AvgIpc) is 3.59. The van der Waals surface area contributed by atoms with Crippen LogP contribution in [0, 0.1) is 11.3 Å². The van der Waals surface area contributed by atoms with E-state index in [1.165, 1.54) is 23.2 Å². The van der Waals surface area contributed by atoms with Crippen molar-refractivity contribution < 1.29 is 17.9 Å². The second-order valence-corrected chi connectivity index (χ2v) is 11.8. The fourth-order valence-electron chi connectivity index (χ4n) is 4.88. The van der Waals surface area contributed by atoms with Gasteiger partial charge < -0.3 is 9.64 Å². The summed E-state index contributed by atoms with van der Waals surface area (Å²) in [6.07, 6.45) is 4.36. The number of carbonyl (C=O) groups excluding carboxylic acids is 1. The number of nitrogens with zero attached hydrogens (tertiary/aromatic N) is 2. The number of hydrogen-bond acceptors (Lipinski definition) is 4. The number of rotatable bonds is 7. The summed E-state index contributed by atoms with van der Waals surface area (Å²) < 4.78 is 33.3. The molecule has 0 N–H and O–H groups in total. The zero-order valence-corrected chi connectivity index (χ0v) is 20.2. The summed E-state index contributed by atoms with van der Waals surface area (Å²) in [5.74, 6) is 0.851. The third kappa shape index (κ3) is 4.56. The highest BCUT2D eigenvalue weighted by Crippen LogP contribution is 2.44. The van der Waals surface area contributed by atoms with Gasteiger partial charge in [0.15, 0.2) is 0 Å². The number of anilines is 1. The van der Waals surface area contributed by atoms with Gasteiger partial charge in [-0.15, -0.1) is 0 Å². The Hall–Kier alpha value is -1.93. The van der Waals surface area contributed by atoms with Gasteiger partial charge in [-0.2, -0.15) is 4.31 Å². The fourth-order valence-corrected chi connectivity index (χ4v) is 6.81. The van der Waals surface area contributed by atoms with Crippen molar-refractivity contribution in [3.8, 4) is 0 Å².